The van der Waals surface area contributed by atoms with Crippen molar-refractivity contribution in [3.05, 3.63) is 0 Å². The van der Waals surface area contributed by atoms with E-state index in [2.05, 4.69) is 10.6 Å². The molecule has 0 heterocycles. The molecule has 0 spiro atoms. The van der Waals surface area contributed by atoms with E-state index in [1.54, 1.807) is 0 Å². The summed E-state index contributed by atoms with van der Waals surface area (Å²) >= 11 is 0. The normalized spacial score (nSPS) is 16.9. The molecule has 1 saturated carbocycles. The van der Waals surface area contributed by atoms with Gasteiger partial charge >= 0.3 is 0 Å². The second-order valence-electron chi connectivity index (χ2n) is 3.43. The summed E-state index contributed by atoms with van der Waals surface area (Å²) in [5, 5.41) is 4.88. The van der Waals surface area contributed by atoms with E-state index < -0.39 is 6.04 Å². The SMILES string of the molecule is O=CCNC(=O)C(CC1CC1)NC=O. The van der Waals surface area contributed by atoms with Crippen molar-refractivity contribution in [3.8, 4) is 0 Å². The molecule has 0 aliphatic heterocycles. The van der Waals surface area contributed by atoms with Crippen molar-refractivity contribution in [1.82, 2.24) is 10.6 Å². The van der Waals surface area contributed by atoms with Crippen molar-refractivity contribution in [1.29, 1.82) is 0 Å². The highest BCUT2D eigenvalue weighted by atomic mass is 16.2. The number of aldehydes is 1. The number of rotatable bonds is 7. The molecule has 1 atom stereocenters. The van der Waals surface area contributed by atoms with Crippen LogP contribution in [-0.4, -0.2) is 31.2 Å². The second kappa shape index (κ2) is 5.36. The first kappa shape index (κ1) is 10.7. The van der Waals surface area contributed by atoms with Gasteiger partial charge in [-0.15, -0.1) is 0 Å². The molecule has 1 unspecified atom stereocenters. The Bertz CT molecular complexity index is 226. The van der Waals surface area contributed by atoms with Crippen LogP contribution in [0.5, 0.6) is 0 Å². The largest absolute Gasteiger partial charge is 0.348 e. The molecular formula is C9H14N2O3. The fourth-order valence-corrected chi connectivity index (χ4v) is 1.29. The number of amides is 2. The van der Waals surface area contributed by atoms with Crippen molar-refractivity contribution in [2.45, 2.75) is 25.3 Å². The highest BCUT2D eigenvalue weighted by Crippen LogP contribution is 2.33. The summed E-state index contributed by atoms with van der Waals surface area (Å²) in [7, 11) is 0. The van der Waals surface area contributed by atoms with Gasteiger partial charge in [0.15, 0.2) is 0 Å². The maximum atomic E-state index is 11.4. The third-order valence-corrected chi connectivity index (χ3v) is 2.21. The lowest BCUT2D eigenvalue weighted by Gasteiger charge is -2.14. The zero-order valence-electron chi connectivity index (χ0n) is 7.86. The summed E-state index contributed by atoms with van der Waals surface area (Å²) < 4.78 is 0. The van der Waals surface area contributed by atoms with E-state index in [0.717, 1.165) is 12.8 Å². The van der Waals surface area contributed by atoms with Crippen molar-refractivity contribution in [2.24, 2.45) is 5.92 Å². The fraction of sp³-hybridized carbons (Fsp3) is 0.667. The minimum absolute atomic E-state index is 0.000533. The van der Waals surface area contributed by atoms with Crippen molar-refractivity contribution in [3.63, 3.8) is 0 Å². The Morgan fingerprint density at radius 1 is 1.43 bits per heavy atom. The fourth-order valence-electron chi connectivity index (χ4n) is 1.29. The lowest BCUT2D eigenvalue weighted by molar-refractivity contribution is -0.126. The summed E-state index contributed by atoms with van der Waals surface area (Å²) in [4.78, 5) is 31.6. The Morgan fingerprint density at radius 2 is 2.14 bits per heavy atom. The van der Waals surface area contributed by atoms with E-state index in [-0.39, 0.29) is 12.5 Å². The van der Waals surface area contributed by atoms with Crippen LogP contribution in [0.15, 0.2) is 0 Å². The second-order valence-corrected chi connectivity index (χ2v) is 3.43. The molecule has 0 saturated heterocycles. The molecule has 1 rings (SSSR count). The quantitative estimate of drug-likeness (QED) is 0.527. The van der Waals surface area contributed by atoms with Gasteiger partial charge in [-0.05, 0) is 12.3 Å². The Hall–Kier alpha value is -1.39. The first-order valence-corrected chi connectivity index (χ1v) is 4.69. The van der Waals surface area contributed by atoms with Crippen LogP contribution in [0.1, 0.15) is 19.3 Å². The van der Waals surface area contributed by atoms with Crippen LogP contribution in [0.2, 0.25) is 0 Å². The Morgan fingerprint density at radius 3 is 2.64 bits per heavy atom. The van der Waals surface area contributed by atoms with Crippen LogP contribution in [0.25, 0.3) is 0 Å². The predicted molar refractivity (Wildman–Crippen MR) is 49.4 cm³/mol. The van der Waals surface area contributed by atoms with Gasteiger partial charge in [-0.3, -0.25) is 9.59 Å². The lowest BCUT2D eigenvalue weighted by Crippen LogP contribution is -2.44. The number of carbonyl (C=O) groups is 3. The van der Waals surface area contributed by atoms with E-state index in [0.29, 0.717) is 25.0 Å². The molecule has 1 aliphatic carbocycles. The lowest BCUT2D eigenvalue weighted by atomic mass is 10.1. The van der Waals surface area contributed by atoms with Crippen molar-refractivity contribution < 1.29 is 14.4 Å². The summed E-state index contributed by atoms with van der Waals surface area (Å²) in [6.45, 7) is 0.000533. The minimum Gasteiger partial charge on any atom is -0.348 e. The summed E-state index contributed by atoms with van der Waals surface area (Å²) in [6, 6.07) is -0.486. The molecule has 5 heteroatoms. The average molecular weight is 198 g/mol. The molecule has 78 valence electrons. The summed E-state index contributed by atoms with van der Waals surface area (Å²) in [5.41, 5.74) is 0. The van der Waals surface area contributed by atoms with Gasteiger partial charge in [0.05, 0.1) is 6.54 Å². The van der Waals surface area contributed by atoms with E-state index in [1.165, 1.54) is 0 Å². The van der Waals surface area contributed by atoms with Gasteiger partial charge < -0.3 is 15.4 Å². The zero-order chi connectivity index (χ0) is 10.4. The van der Waals surface area contributed by atoms with Crippen LogP contribution in [0, 0.1) is 5.92 Å². The van der Waals surface area contributed by atoms with Gasteiger partial charge in [0, 0.05) is 0 Å². The smallest absolute Gasteiger partial charge is 0.242 e. The molecule has 0 radical (unpaired) electrons. The predicted octanol–water partition coefficient (Wildman–Crippen LogP) is -0.784. The third kappa shape index (κ3) is 3.55. The van der Waals surface area contributed by atoms with Gasteiger partial charge in [-0.1, -0.05) is 12.8 Å². The van der Waals surface area contributed by atoms with E-state index in [4.69, 9.17) is 0 Å². The topological polar surface area (TPSA) is 75.3 Å². The number of carbonyl (C=O) groups excluding carboxylic acids is 3. The highest BCUT2D eigenvalue weighted by Gasteiger charge is 2.28. The Balaban J connectivity index is 2.33. The molecule has 0 aromatic carbocycles. The van der Waals surface area contributed by atoms with Crippen LogP contribution < -0.4 is 10.6 Å². The Kier molecular flexibility index (Phi) is 4.10. The third-order valence-electron chi connectivity index (χ3n) is 2.21. The molecule has 0 bridgehead atoms. The van der Waals surface area contributed by atoms with Gasteiger partial charge in [0.25, 0.3) is 0 Å². The molecule has 2 amide bonds. The first-order valence-electron chi connectivity index (χ1n) is 4.69. The number of hydrogen-bond donors (Lipinski definition) is 2. The monoisotopic (exact) mass is 198 g/mol. The summed E-state index contributed by atoms with van der Waals surface area (Å²) in [5.74, 6) is 0.269. The average Bonchev–Trinajstić information content (AvgIpc) is 2.97. The van der Waals surface area contributed by atoms with Crippen molar-refractivity contribution >= 4 is 18.6 Å². The van der Waals surface area contributed by atoms with Crippen molar-refractivity contribution in [2.75, 3.05) is 6.54 Å². The Labute approximate surface area is 82.2 Å². The summed E-state index contributed by atoms with van der Waals surface area (Å²) in [6.07, 6.45) is 4.06. The number of nitrogens with one attached hydrogen (secondary N) is 2. The molecule has 0 aromatic heterocycles. The van der Waals surface area contributed by atoms with Crippen LogP contribution in [-0.2, 0) is 14.4 Å². The number of hydrogen-bond acceptors (Lipinski definition) is 3. The molecule has 1 aliphatic rings. The van der Waals surface area contributed by atoms with Crippen LogP contribution >= 0.6 is 0 Å². The van der Waals surface area contributed by atoms with Gasteiger partial charge in [0.1, 0.15) is 12.3 Å². The van der Waals surface area contributed by atoms with E-state index in [9.17, 15) is 14.4 Å². The molecular weight excluding hydrogens is 184 g/mol. The molecule has 14 heavy (non-hydrogen) atoms. The van der Waals surface area contributed by atoms with E-state index >= 15 is 0 Å². The molecule has 2 N–H and O–H groups in total. The first-order chi connectivity index (χ1) is 6.77. The molecule has 0 aromatic rings. The maximum Gasteiger partial charge on any atom is 0.242 e. The van der Waals surface area contributed by atoms with Gasteiger partial charge in [-0.25, -0.2) is 0 Å². The van der Waals surface area contributed by atoms with Gasteiger partial charge in [-0.2, -0.15) is 0 Å². The minimum atomic E-state index is -0.486. The molecule has 5 nitrogen and oxygen atoms in total. The van der Waals surface area contributed by atoms with Crippen LogP contribution in [0.3, 0.4) is 0 Å². The zero-order valence-corrected chi connectivity index (χ0v) is 7.86. The standard InChI is InChI=1S/C9H14N2O3/c12-4-3-10-9(14)8(11-6-13)5-7-1-2-7/h4,6-8H,1-3,5H2,(H,10,14)(H,11,13). The maximum absolute atomic E-state index is 11.4. The van der Waals surface area contributed by atoms with Crippen LogP contribution in [0.4, 0.5) is 0 Å². The van der Waals surface area contributed by atoms with Gasteiger partial charge in [0.2, 0.25) is 12.3 Å². The molecule has 1 fully saturated rings. The van der Waals surface area contributed by atoms with E-state index in [1.807, 2.05) is 0 Å². The highest BCUT2D eigenvalue weighted by molar-refractivity contribution is 5.85.